The minimum absolute atomic E-state index is 0.0400. The van der Waals surface area contributed by atoms with Crippen LogP contribution in [-0.4, -0.2) is 36.0 Å². The average Bonchev–Trinajstić information content (AvgIpc) is 2.42. The zero-order valence-corrected chi connectivity index (χ0v) is 15.8. The number of carbonyl (C=O) groups is 4. The lowest BCUT2D eigenvalue weighted by molar-refractivity contribution is -0.129. The Kier molecular flexibility index (Phi) is 9.48. The van der Waals surface area contributed by atoms with E-state index in [-0.39, 0.29) is 47.7 Å². The Morgan fingerprint density at radius 1 is 0.958 bits per heavy atom. The largest absolute Gasteiger partial charge is 0.355 e. The van der Waals surface area contributed by atoms with E-state index < -0.39 is 0 Å². The van der Waals surface area contributed by atoms with Gasteiger partial charge in [-0.15, -0.1) is 0 Å². The summed E-state index contributed by atoms with van der Waals surface area (Å²) < 4.78 is 0. The minimum Gasteiger partial charge on any atom is -0.355 e. The first-order chi connectivity index (χ1) is 10.9. The maximum absolute atomic E-state index is 11.9. The van der Waals surface area contributed by atoms with E-state index in [1.54, 1.807) is 0 Å². The molecule has 0 aromatic rings. The third-order valence-electron chi connectivity index (χ3n) is 4.00. The van der Waals surface area contributed by atoms with Gasteiger partial charge in [-0.2, -0.15) is 0 Å². The molecule has 138 valence electrons. The summed E-state index contributed by atoms with van der Waals surface area (Å²) in [6.45, 7) is 11.6. The van der Waals surface area contributed by atoms with Crippen LogP contribution < -0.4 is 10.6 Å². The highest BCUT2D eigenvalue weighted by Crippen LogP contribution is 2.21. The standard InChI is InChI=1S/C18H32N2O4/c1-12(2)14(4)20-17(24)10-15(22)7-8-18(5,6)11-19-16(23)9-13(3)21/h12,14H,7-11H2,1-6H3,(H,19,23)(H,20,24). The summed E-state index contributed by atoms with van der Waals surface area (Å²) in [5.74, 6) is -0.506. The molecule has 0 aliphatic rings. The van der Waals surface area contributed by atoms with Gasteiger partial charge in [0, 0.05) is 19.0 Å². The van der Waals surface area contributed by atoms with Gasteiger partial charge >= 0.3 is 0 Å². The van der Waals surface area contributed by atoms with Gasteiger partial charge in [0.2, 0.25) is 11.8 Å². The molecule has 0 radical (unpaired) electrons. The fraction of sp³-hybridized carbons (Fsp3) is 0.778. The van der Waals surface area contributed by atoms with Crippen LogP contribution in [-0.2, 0) is 19.2 Å². The smallest absolute Gasteiger partial charge is 0.227 e. The molecule has 1 unspecified atom stereocenters. The molecule has 0 aliphatic carbocycles. The van der Waals surface area contributed by atoms with Crippen LogP contribution >= 0.6 is 0 Å². The van der Waals surface area contributed by atoms with Crippen LogP contribution in [0.4, 0.5) is 0 Å². The van der Waals surface area contributed by atoms with Crippen LogP contribution in [0.25, 0.3) is 0 Å². The van der Waals surface area contributed by atoms with Crippen molar-refractivity contribution in [2.45, 2.75) is 73.3 Å². The van der Waals surface area contributed by atoms with Crippen LogP contribution in [0.1, 0.15) is 67.2 Å². The summed E-state index contributed by atoms with van der Waals surface area (Å²) in [6, 6.07) is 0.0400. The predicted octanol–water partition coefficient (Wildman–Crippen LogP) is 2.01. The fourth-order valence-electron chi connectivity index (χ4n) is 1.93. The number of amides is 2. The van der Waals surface area contributed by atoms with Crippen LogP contribution in [0.5, 0.6) is 0 Å². The Labute approximate surface area is 145 Å². The Morgan fingerprint density at radius 3 is 2.04 bits per heavy atom. The number of hydrogen-bond donors (Lipinski definition) is 2. The Morgan fingerprint density at radius 2 is 1.54 bits per heavy atom. The molecule has 24 heavy (non-hydrogen) atoms. The predicted molar refractivity (Wildman–Crippen MR) is 93.4 cm³/mol. The first-order valence-electron chi connectivity index (χ1n) is 8.50. The SMILES string of the molecule is CC(=O)CC(=O)NCC(C)(C)CCC(=O)CC(=O)NC(C)C(C)C. The molecule has 6 nitrogen and oxygen atoms in total. The maximum atomic E-state index is 11.9. The van der Waals surface area contributed by atoms with Gasteiger partial charge in [0.15, 0.2) is 0 Å². The molecule has 0 aromatic heterocycles. The summed E-state index contributed by atoms with van der Waals surface area (Å²) in [6.07, 6.45) is 0.630. The molecule has 0 saturated heterocycles. The monoisotopic (exact) mass is 340 g/mol. The normalized spacial score (nSPS) is 12.6. The zero-order valence-electron chi connectivity index (χ0n) is 15.8. The second-order valence-corrected chi connectivity index (χ2v) is 7.64. The van der Waals surface area contributed by atoms with Gasteiger partial charge in [-0.3, -0.25) is 19.2 Å². The molecule has 1 atom stereocenters. The minimum atomic E-state index is -0.302. The van der Waals surface area contributed by atoms with Crippen molar-refractivity contribution in [1.29, 1.82) is 0 Å². The number of Topliss-reactive ketones (excluding diaryl/α,β-unsaturated/α-hetero) is 2. The molecule has 0 aromatic carbocycles. The van der Waals surface area contributed by atoms with Crippen molar-refractivity contribution in [3.8, 4) is 0 Å². The van der Waals surface area contributed by atoms with E-state index in [1.165, 1.54) is 6.92 Å². The highest BCUT2D eigenvalue weighted by Gasteiger charge is 2.22. The summed E-state index contributed by atoms with van der Waals surface area (Å²) in [5, 5.41) is 5.52. The summed E-state index contributed by atoms with van der Waals surface area (Å²) in [4.78, 5) is 46.1. The highest BCUT2D eigenvalue weighted by molar-refractivity contribution is 5.98. The van der Waals surface area contributed by atoms with E-state index in [9.17, 15) is 19.2 Å². The topological polar surface area (TPSA) is 92.3 Å². The van der Waals surface area contributed by atoms with E-state index in [0.29, 0.717) is 25.3 Å². The van der Waals surface area contributed by atoms with E-state index in [2.05, 4.69) is 10.6 Å². The lowest BCUT2D eigenvalue weighted by atomic mass is 9.86. The van der Waals surface area contributed by atoms with Gasteiger partial charge in [0.25, 0.3) is 0 Å². The van der Waals surface area contributed by atoms with Crippen LogP contribution in [0.2, 0.25) is 0 Å². The van der Waals surface area contributed by atoms with Gasteiger partial charge in [0.05, 0.1) is 12.8 Å². The molecule has 0 bridgehead atoms. The molecule has 6 heteroatoms. The third kappa shape index (κ3) is 10.9. The quantitative estimate of drug-likeness (QED) is 0.563. The molecule has 0 saturated carbocycles. The maximum Gasteiger partial charge on any atom is 0.227 e. The van der Waals surface area contributed by atoms with E-state index in [0.717, 1.165) is 0 Å². The molecular formula is C18H32N2O4. The molecular weight excluding hydrogens is 308 g/mol. The second-order valence-electron chi connectivity index (χ2n) is 7.64. The van der Waals surface area contributed by atoms with E-state index in [1.807, 2.05) is 34.6 Å². The molecule has 0 rings (SSSR count). The molecule has 2 N–H and O–H groups in total. The highest BCUT2D eigenvalue weighted by atomic mass is 16.2. The molecule has 0 fully saturated rings. The van der Waals surface area contributed by atoms with Crippen LogP contribution in [0, 0.1) is 11.3 Å². The van der Waals surface area contributed by atoms with Gasteiger partial charge in [-0.1, -0.05) is 27.7 Å². The van der Waals surface area contributed by atoms with Gasteiger partial charge in [-0.25, -0.2) is 0 Å². The van der Waals surface area contributed by atoms with E-state index in [4.69, 9.17) is 0 Å². The Bertz CT molecular complexity index is 470. The Hall–Kier alpha value is -1.72. The molecule has 0 spiro atoms. The van der Waals surface area contributed by atoms with Crippen molar-refractivity contribution >= 4 is 23.4 Å². The first-order valence-corrected chi connectivity index (χ1v) is 8.50. The van der Waals surface area contributed by atoms with Gasteiger partial charge < -0.3 is 10.6 Å². The van der Waals surface area contributed by atoms with Crippen molar-refractivity contribution in [2.24, 2.45) is 11.3 Å². The molecule has 0 aliphatic heterocycles. The van der Waals surface area contributed by atoms with Crippen molar-refractivity contribution in [2.75, 3.05) is 6.54 Å². The van der Waals surface area contributed by atoms with Crippen molar-refractivity contribution < 1.29 is 19.2 Å². The zero-order chi connectivity index (χ0) is 18.9. The number of hydrogen-bond acceptors (Lipinski definition) is 4. The van der Waals surface area contributed by atoms with Crippen molar-refractivity contribution in [3.63, 3.8) is 0 Å². The van der Waals surface area contributed by atoms with E-state index >= 15 is 0 Å². The lowest BCUT2D eigenvalue weighted by Crippen LogP contribution is -2.37. The number of carbonyl (C=O) groups excluding carboxylic acids is 4. The van der Waals surface area contributed by atoms with Crippen molar-refractivity contribution in [1.82, 2.24) is 10.6 Å². The first kappa shape index (κ1) is 22.3. The van der Waals surface area contributed by atoms with Crippen molar-refractivity contribution in [3.05, 3.63) is 0 Å². The number of nitrogens with one attached hydrogen (secondary N) is 2. The Balaban J connectivity index is 4.16. The van der Waals surface area contributed by atoms with Crippen LogP contribution in [0.3, 0.4) is 0 Å². The second kappa shape index (κ2) is 10.2. The lowest BCUT2D eigenvalue weighted by Gasteiger charge is -2.24. The molecule has 0 heterocycles. The third-order valence-corrected chi connectivity index (χ3v) is 4.00. The number of ketones is 2. The summed E-state index contributed by atoms with van der Waals surface area (Å²) >= 11 is 0. The summed E-state index contributed by atoms with van der Waals surface area (Å²) in [5.41, 5.74) is -0.274. The number of rotatable bonds is 11. The summed E-state index contributed by atoms with van der Waals surface area (Å²) in [7, 11) is 0. The fourth-order valence-corrected chi connectivity index (χ4v) is 1.93. The van der Waals surface area contributed by atoms with Gasteiger partial charge in [0.1, 0.15) is 11.6 Å². The van der Waals surface area contributed by atoms with Crippen LogP contribution in [0.15, 0.2) is 0 Å². The van der Waals surface area contributed by atoms with Gasteiger partial charge in [-0.05, 0) is 31.6 Å². The molecule has 2 amide bonds. The average molecular weight is 340 g/mol.